The summed E-state index contributed by atoms with van der Waals surface area (Å²) in [4.78, 5) is 12.0. The lowest BCUT2D eigenvalue weighted by molar-refractivity contribution is -0.136. The minimum absolute atomic E-state index is 0.0321. The minimum Gasteiger partial charge on any atom is -0.411 e. The van der Waals surface area contributed by atoms with E-state index in [1.165, 1.54) is 0 Å². The summed E-state index contributed by atoms with van der Waals surface area (Å²) in [6, 6.07) is 0.234. The highest BCUT2D eigenvalue weighted by Gasteiger charge is 2.24. The first kappa shape index (κ1) is 16.0. The molecule has 1 rings (SSSR count). The van der Waals surface area contributed by atoms with Crippen LogP contribution in [0.5, 0.6) is 0 Å². The van der Waals surface area contributed by atoms with Gasteiger partial charge in [-0.15, -0.1) is 0 Å². The fraction of sp³-hybridized carbons (Fsp3) is 0.857. The molecule has 1 aliphatic rings. The van der Waals surface area contributed by atoms with Crippen LogP contribution >= 0.6 is 0 Å². The summed E-state index contributed by atoms with van der Waals surface area (Å²) in [5, 5.41) is 14.9. The van der Waals surface area contributed by atoms with Crippen molar-refractivity contribution in [2.75, 3.05) is 0 Å². The van der Waals surface area contributed by atoms with Crippen LogP contribution in [0.25, 0.3) is 0 Å². The molecule has 0 spiro atoms. The molecule has 1 aliphatic carbocycles. The standard InChI is InChI=1S/C14H26N2O3/c1-4-11(5-2)15-14(17)10(3)19-13-8-6-12(16-18)7-9-13/h10-11,13,18H,4-9H2,1-3H3,(H,15,17). The van der Waals surface area contributed by atoms with Crippen LogP contribution in [0.2, 0.25) is 0 Å². The van der Waals surface area contributed by atoms with Gasteiger partial charge in [0.15, 0.2) is 0 Å². The van der Waals surface area contributed by atoms with Gasteiger partial charge in [0.05, 0.1) is 11.8 Å². The van der Waals surface area contributed by atoms with Crippen molar-refractivity contribution in [1.82, 2.24) is 5.32 Å². The lowest BCUT2D eigenvalue weighted by Gasteiger charge is -2.26. The molecule has 0 heterocycles. The third kappa shape index (κ3) is 5.19. The number of ether oxygens (including phenoxy) is 1. The normalized spacial score (nSPS) is 21.3. The Bertz CT molecular complexity index is 304. The van der Waals surface area contributed by atoms with Gasteiger partial charge in [-0.1, -0.05) is 19.0 Å². The summed E-state index contributed by atoms with van der Waals surface area (Å²) in [5.74, 6) is -0.0321. The second-order valence-electron chi connectivity index (χ2n) is 5.17. The first-order valence-corrected chi connectivity index (χ1v) is 7.26. The van der Waals surface area contributed by atoms with Gasteiger partial charge >= 0.3 is 0 Å². The Kier molecular flexibility index (Phi) is 6.84. The molecule has 0 aromatic heterocycles. The molecule has 0 aromatic carbocycles. The molecule has 0 radical (unpaired) electrons. The van der Waals surface area contributed by atoms with Crippen molar-refractivity contribution in [3.8, 4) is 0 Å². The summed E-state index contributed by atoms with van der Waals surface area (Å²) in [7, 11) is 0. The molecule has 0 aliphatic heterocycles. The molecule has 5 heteroatoms. The number of carbonyl (C=O) groups is 1. The van der Waals surface area contributed by atoms with Gasteiger partial charge in [0.25, 0.3) is 0 Å². The fourth-order valence-corrected chi connectivity index (χ4v) is 2.32. The fourth-order valence-electron chi connectivity index (χ4n) is 2.32. The van der Waals surface area contributed by atoms with E-state index in [0.29, 0.717) is 0 Å². The summed E-state index contributed by atoms with van der Waals surface area (Å²) in [6.45, 7) is 5.93. The molecular weight excluding hydrogens is 244 g/mol. The molecule has 1 saturated carbocycles. The number of rotatable bonds is 6. The van der Waals surface area contributed by atoms with E-state index in [0.717, 1.165) is 44.2 Å². The Morgan fingerprint density at radius 3 is 2.47 bits per heavy atom. The van der Waals surface area contributed by atoms with Crippen LogP contribution < -0.4 is 5.32 Å². The zero-order valence-electron chi connectivity index (χ0n) is 12.2. The van der Waals surface area contributed by atoms with Gasteiger partial charge < -0.3 is 15.3 Å². The minimum atomic E-state index is -0.418. The zero-order chi connectivity index (χ0) is 14.3. The molecule has 0 aromatic rings. The SMILES string of the molecule is CCC(CC)NC(=O)C(C)OC1CCC(=NO)CC1. The molecule has 1 unspecified atom stereocenters. The predicted molar refractivity (Wildman–Crippen MR) is 74.5 cm³/mol. The Morgan fingerprint density at radius 1 is 1.42 bits per heavy atom. The van der Waals surface area contributed by atoms with Crippen LogP contribution in [0.3, 0.4) is 0 Å². The number of carbonyl (C=O) groups excluding carboxylic acids is 1. The van der Waals surface area contributed by atoms with Crippen LogP contribution in [-0.4, -0.2) is 35.1 Å². The highest BCUT2D eigenvalue weighted by molar-refractivity contribution is 5.84. The Balaban J connectivity index is 2.34. The molecule has 19 heavy (non-hydrogen) atoms. The van der Waals surface area contributed by atoms with Gasteiger partial charge in [-0.2, -0.15) is 0 Å². The topological polar surface area (TPSA) is 70.9 Å². The van der Waals surface area contributed by atoms with Crippen LogP contribution in [0.15, 0.2) is 5.16 Å². The number of hydrogen-bond acceptors (Lipinski definition) is 4. The average Bonchev–Trinajstić information content (AvgIpc) is 2.45. The molecule has 0 saturated heterocycles. The number of hydrogen-bond donors (Lipinski definition) is 2. The quantitative estimate of drug-likeness (QED) is 0.575. The summed E-state index contributed by atoms with van der Waals surface area (Å²) < 4.78 is 5.79. The van der Waals surface area contributed by atoms with E-state index in [9.17, 15) is 4.79 Å². The van der Waals surface area contributed by atoms with Gasteiger partial charge in [-0.25, -0.2) is 0 Å². The highest BCUT2D eigenvalue weighted by atomic mass is 16.5. The summed E-state index contributed by atoms with van der Waals surface area (Å²) in [5.41, 5.74) is 0.828. The second kappa shape index (κ2) is 8.15. The number of nitrogens with zero attached hydrogens (tertiary/aromatic N) is 1. The van der Waals surface area contributed by atoms with Crippen molar-refractivity contribution < 1.29 is 14.7 Å². The number of nitrogens with one attached hydrogen (secondary N) is 1. The Hall–Kier alpha value is -1.10. The first-order valence-electron chi connectivity index (χ1n) is 7.26. The monoisotopic (exact) mass is 270 g/mol. The third-order valence-electron chi connectivity index (χ3n) is 3.75. The molecule has 2 N–H and O–H groups in total. The lowest BCUT2D eigenvalue weighted by Crippen LogP contribution is -2.42. The van der Waals surface area contributed by atoms with Gasteiger partial charge in [0.2, 0.25) is 5.91 Å². The predicted octanol–water partition coefficient (Wildman–Crippen LogP) is 2.47. The summed E-state index contributed by atoms with van der Waals surface area (Å²) >= 11 is 0. The maximum Gasteiger partial charge on any atom is 0.249 e. The third-order valence-corrected chi connectivity index (χ3v) is 3.75. The van der Waals surface area contributed by atoms with Gasteiger partial charge in [-0.05, 0) is 45.4 Å². The van der Waals surface area contributed by atoms with Crippen molar-refractivity contribution >= 4 is 11.6 Å². The smallest absolute Gasteiger partial charge is 0.249 e. The van der Waals surface area contributed by atoms with E-state index in [-0.39, 0.29) is 18.1 Å². The van der Waals surface area contributed by atoms with E-state index in [4.69, 9.17) is 9.94 Å². The lowest BCUT2D eigenvalue weighted by atomic mass is 9.95. The van der Waals surface area contributed by atoms with Crippen molar-refractivity contribution in [2.45, 2.75) is 77.5 Å². The van der Waals surface area contributed by atoms with E-state index in [1.807, 2.05) is 0 Å². The maximum atomic E-state index is 12.0. The number of amides is 1. The van der Waals surface area contributed by atoms with E-state index >= 15 is 0 Å². The molecule has 1 amide bonds. The van der Waals surface area contributed by atoms with E-state index < -0.39 is 6.10 Å². The second-order valence-corrected chi connectivity index (χ2v) is 5.17. The van der Waals surface area contributed by atoms with E-state index in [2.05, 4.69) is 24.3 Å². The first-order chi connectivity index (χ1) is 9.10. The van der Waals surface area contributed by atoms with Gasteiger partial charge in [0.1, 0.15) is 6.10 Å². The van der Waals surface area contributed by atoms with Crippen molar-refractivity contribution in [2.24, 2.45) is 5.16 Å². The Morgan fingerprint density at radius 2 is 2.00 bits per heavy atom. The molecule has 110 valence electrons. The average molecular weight is 270 g/mol. The molecule has 5 nitrogen and oxygen atoms in total. The molecule has 1 atom stereocenters. The van der Waals surface area contributed by atoms with Crippen LogP contribution in [0.1, 0.15) is 59.3 Å². The maximum absolute atomic E-state index is 12.0. The highest BCUT2D eigenvalue weighted by Crippen LogP contribution is 2.20. The zero-order valence-corrected chi connectivity index (χ0v) is 12.2. The number of oxime groups is 1. The molecular formula is C14H26N2O3. The van der Waals surface area contributed by atoms with Crippen molar-refractivity contribution in [1.29, 1.82) is 0 Å². The van der Waals surface area contributed by atoms with Crippen LogP contribution in [0.4, 0.5) is 0 Å². The Labute approximate surface area is 115 Å². The van der Waals surface area contributed by atoms with Crippen molar-refractivity contribution in [3.05, 3.63) is 0 Å². The van der Waals surface area contributed by atoms with Crippen LogP contribution in [0, 0.1) is 0 Å². The van der Waals surface area contributed by atoms with Gasteiger partial charge in [-0.3, -0.25) is 4.79 Å². The van der Waals surface area contributed by atoms with Crippen LogP contribution in [-0.2, 0) is 9.53 Å². The van der Waals surface area contributed by atoms with Crippen molar-refractivity contribution in [3.63, 3.8) is 0 Å². The van der Waals surface area contributed by atoms with E-state index in [1.54, 1.807) is 6.92 Å². The molecule has 0 bridgehead atoms. The van der Waals surface area contributed by atoms with Gasteiger partial charge in [0, 0.05) is 6.04 Å². The largest absolute Gasteiger partial charge is 0.411 e. The summed E-state index contributed by atoms with van der Waals surface area (Å²) in [6.07, 6.45) is 4.70. The molecule has 1 fully saturated rings.